The molecule has 0 aromatic carbocycles. The first-order chi connectivity index (χ1) is 13.5. The smallest absolute Gasteiger partial charge is 0.347 e. The van der Waals surface area contributed by atoms with Crippen molar-refractivity contribution < 1.29 is 46.2 Å². The minimum Gasteiger partial charge on any atom is -0.463 e. The fraction of sp³-hybridized carbons (Fsp3) is 0.875. The minimum absolute atomic E-state index is 0. The summed E-state index contributed by atoms with van der Waals surface area (Å²) in [5.41, 5.74) is -1.45. The highest BCUT2D eigenvalue weighted by atomic mass is 19.3. The highest BCUT2D eigenvalue weighted by molar-refractivity contribution is 5.82. The second-order valence-electron chi connectivity index (χ2n) is 8.75. The molecule has 1 aliphatic carbocycles. The van der Waals surface area contributed by atoms with E-state index in [2.05, 4.69) is 4.74 Å². The minimum atomic E-state index is -4.24. The highest BCUT2D eigenvalue weighted by Crippen LogP contribution is 2.53. The molecule has 1 heterocycles. The Hall–Kier alpha value is -1.87. The topological polar surface area (TPSA) is 78.9 Å². The molecule has 10 heteroatoms. The summed E-state index contributed by atoms with van der Waals surface area (Å²) in [4.78, 5) is 34.0. The zero-order valence-corrected chi connectivity index (χ0v) is 18.2. The van der Waals surface area contributed by atoms with Crippen LogP contribution < -0.4 is 0 Å². The first-order valence-corrected chi connectivity index (χ1v) is 9.86. The molecule has 1 saturated carbocycles. The Bertz CT molecular complexity index is 662. The molecule has 2 unspecified atom stereocenters. The maximum Gasteiger partial charge on any atom is 0.347 e. The van der Waals surface area contributed by atoms with Gasteiger partial charge in [0.05, 0.1) is 23.9 Å². The lowest BCUT2D eigenvalue weighted by Gasteiger charge is -2.43. The van der Waals surface area contributed by atoms with E-state index < -0.39 is 53.2 Å². The summed E-state index contributed by atoms with van der Waals surface area (Å²) < 4.78 is 64.7. The summed E-state index contributed by atoms with van der Waals surface area (Å²) in [6.45, 7) is 10.6. The van der Waals surface area contributed by atoms with E-state index in [4.69, 9.17) is 9.47 Å². The van der Waals surface area contributed by atoms with Crippen LogP contribution in [0.3, 0.4) is 0 Å². The van der Waals surface area contributed by atoms with Crippen LogP contribution in [0.2, 0.25) is 0 Å². The normalized spacial score (nSPS) is 21.8. The van der Waals surface area contributed by atoms with Gasteiger partial charge in [-0.3, -0.25) is 9.59 Å². The number of hydrogen-bond donors (Lipinski definition) is 0. The van der Waals surface area contributed by atoms with Crippen molar-refractivity contribution in [2.75, 3.05) is 6.61 Å². The maximum absolute atomic E-state index is 12.8. The van der Waals surface area contributed by atoms with Crippen molar-refractivity contribution in [3.05, 3.63) is 0 Å². The van der Waals surface area contributed by atoms with E-state index in [1.807, 2.05) is 6.92 Å². The number of halogens is 4. The third kappa shape index (κ3) is 8.73. The van der Waals surface area contributed by atoms with Crippen LogP contribution in [0.15, 0.2) is 0 Å². The predicted octanol–water partition coefficient (Wildman–Crippen LogP) is 6.83. The Morgan fingerprint density at radius 1 is 0.912 bits per heavy atom. The lowest BCUT2D eigenvalue weighted by Crippen LogP contribution is -2.64. The summed E-state index contributed by atoms with van der Waals surface area (Å²) in [5.74, 6) is -9.93. The lowest BCUT2D eigenvalue weighted by molar-refractivity contribution is -0.334. The fourth-order valence-electron chi connectivity index (χ4n) is 2.17. The second-order valence-corrected chi connectivity index (χ2v) is 8.75. The van der Waals surface area contributed by atoms with Crippen molar-refractivity contribution in [2.24, 2.45) is 10.8 Å². The number of hydrogen-bond acceptors (Lipinski definition) is 6. The van der Waals surface area contributed by atoms with Gasteiger partial charge in [0.25, 0.3) is 0 Å². The van der Waals surface area contributed by atoms with Crippen LogP contribution in [0.25, 0.3) is 0 Å². The molecular weight excluding hydrogens is 460 g/mol. The van der Waals surface area contributed by atoms with Gasteiger partial charge in [-0.05, 0) is 40.5 Å². The maximum atomic E-state index is 12.8. The molecule has 0 aromatic rings. The van der Waals surface area contributed by atoms with Gasteiger partial charge in [-0.2, -0.15) is 17.6 Å². The molecular formula is C24H46F4O6. The van der Waals surface area contributed by atoms with Gasteiger partial charge in [0.2, 0.25) is 6.10 Å². The van der Waals surface area contributed by atoms with E-state index in [0.29, 0.717) is 25.9 Å². The molecule has 1 aliphatic heterocycles. The molecule has 1 saturated heterocycles. The molecule has 2 aliphatic rings. The van der Waals surface area contributed by atoms with Crippen molar-refractivity contribution in [1.82, 2.24) is 0 Å². The first-order valence-electron chi connectivity index (χ1n) is 9.86. The predicted molar refractivity (Wildman–Crippen MR) is 125 cm³/mol. The largest absolute Gasteiger partial charge is 0.463 e. The van der Waals surface area contributed by atoms with E-state index in [1.54, 1.807) is 20.8 Å². The van der Waals surface area contributed by atoms with Crippen molar-refractivity contribution >= 4 is 17.9 Å². The molecule has 2 fully saturated rings. The summed E-state index contributed by atoms with van der Waals surface area (Å²) in [7, 11) is 0. The summed E-state index contributed by atoms with van der Waals surface area (Å²) in [6, 6.07) is 0. The number of cyclic esters (lactones) is 1. The van der Waals surface area contributed by atoms with Crippen LogP contribution in [-0.4, -0.2) is 48.6 Å². The van der Waals surface area contributed by atoms with Gasteiger partial charge in [0.15, 0.2) is 6.10 Å². The molecule has 0 spiro atoms. The van der Waals surface area contributed by atoms with E-state index in [9.17, 15) is 31.9 Å². The fourth-order valence-corrected chi connectivity index (χ4v) is 2.17. The van der Waals surface area contributed by atoms with Gasteiger partial charge in [-0.15, -0.1) is 0 Å². The van der Waals surface area contributed by atoms with E-state index >= 15 is 0 Å². The van der Waals surface area contributed by atoms with Crippen molar-refractivity contribution in [1.29, 1.82) is 0 Å². The van der Waals surface area contributed by atoms with Gasteiger partial charge < -0.3 is 14.2 Å². The second kappa shape index (κ2) is 13.9. The molecule has 6 nitrogen and oxygen atoms in total. The number of alkyl halides is 4. The molecule has 206 valence electrons. The van der Waals surface area contributed by atoms with Crippen LogP contribution in [0.1, 0.15) is 96.9 Å². The lowest BCUT2D eigenvalue weighted by atomic mass is 9.84. The van der Waals surface area contributed by atoms with Crippen LogP contribution >= 0.6 is 0 Å². The van der Waals surface area contributed by atoms with E-state index in [-0.39, 0.29) is 35.7 Å². The van der Waals surface area contributed by atoms with Crippen molar-refractivity contribution in [2.45, 2.75) is 121 Å². The highest BCUT2D eigenvalue weighted by Gasteiger charge is 2.74. The van der Waals surface area contributed by atoms with E-state index in [1.165, 1.54) is 13.8 Å². The first kappa shape index (κ1) is 39.3. The standard InChI is InChI=1S/C10H14F4O2.C10H16O4.4CH4/c1-4-8(2,3)7(15)16-6-5-9(11,12)10(6,13)14;1-4-10(2,3)9(12)14-7-5-6-13-8(7)11;;;;/h6H,4-5H2,1-3H3;7H,4-6H2,1-3H3;4*1H4. The number of carbonyl (C=O) groups excluding carboxylic acids is 3. The molecule has 34 heavy (non-hydrogen) atoms. The average molecular weight is 507 g/mol. The Balaban J connectivity index is -0.000000238. The molecule has 0 amide bonds. The summed E-state index contributed by atoms with van der Waals surface area (Å²) in [6.07, 6.45) is -2.24. The van der Waals surface area contributed by atoms with Gasteiger partial charge >= 0.3 is 29.8 Å². The third-order valence-electron chi connectivity index (χ3n) is 5.59. The Morgan fingerprint density at radius 3 is 1.62 bits per heavy atom. The van der Waals surface area contributed by atoms with Gasteiger partial charge in [0, 0.05) is 6.42 Å². The summed E-state index contributed by atoms with van der Waals surface area (Å²) >= 11 is 0. The zero-order valence-electron chi connectivity index (χ0n) is 18.2. The Kier molecular flexibility index (Phi) is 16.1. The number of esters is 3. The SMILES string of the molecule is C.C.C.C.CCC(C)(C)C(=O)OC1CC(F)(F)C1(F)F.CCC(C)(C)C(=O)OC1CCOC1=O. The van der Waals surface area contributed by atoms with Crippen LogP contribution in [0, 0.1) is 10.8 Å². The van der Waals surface area contributed by atoms with Crippen LogP contribution in [0.5, 0.6) is 0 Å². The van der Waals surface area contributed by atoms with E-state index in [0.717, 1.165) is 0 Å². The van der Waals surface area contributed by atoms with Gasteiger partial charge in [0.1, 0.15) is 0 Å². The molecule has 0 radical (unpaired) electrons. The molecule has 0 bridgehead atoms. The quantitative estimate of drug-likeness (QED) is 0.223. The van der Waals surface area contributed by atoms with Crippen LogP contribution in [0.4, 0.5) is 17.6 Å². The van der Waals surface area contributed by atoms with Crippen molar-refractivity contribution in [3.8, 4) is 0 Å². The average Bonchev–Trinajstić information content (AvgIpc) is 3.06. The monoisotopic (exact) mass is 506 g/mol. The van der Waals surface area contributed by atoms with Gasteiger partial charge in [-0.25, -0.2) is 4.79 Å². The molecule has 2 atom stereocenters. The third-order valence-corrected chi connectivity index (χ3v) is 5.59. The van der Waals surface area contributed by atoms with Crippen molar-refractivity contribution in [3.63, 3.8) is 0 Å². The van der Waals surface area contributed by atoms with Gasteiger partial charge in [-0.1, -0.05) is 43.6 Å². The number of rotatable bonds is 6. The molecule has 2 rings (SSSR count). The Labute approximate surface area is 203 Å². The van der Waals surface area contributed by atoms with Crippen LogP contribution in [-0.2, 0) is 28.6 Å². The molecule has 0 aromatic heterocycles. The number of ether oxygens (including phenoxy) is 3. The number of carbonyl (C=O) groups is 3. The zero-order chi connectivity index (χ0) is 23.5. The summed E-state index contributed by atoms with van der Waals surface area (Å²) in [5, 5.41) is 0. The molecule has 0 N–H and O–H groups in total. The Morgan fingerprint density at radius 2 is 1.32 bits per heavy atom.